The Labute approximate surface area is 257 Å². The topological polar surface area (TPSA) is 128 Å². The first-order chi connectivity index (χ1) is 20.8. The molecule has 2 N–H and O–H groups in total. The third kappa shape index (κ3) is 5.61. The van der Waals surface area contributed by atoms with Crippen LogP contribution in [0.25, 0.3) is 0 Å². The summed E-state index contributed by atoms with van der Waals surface area (Å²) in [6.07, 6.45) is 3.71. The Bertz CT molecular complexity index is 1490. The molecular formula is C29H32ClFN6O5S. The minimum Gasteiger partial charge on any atom is -0.481 e. The molecule has 0 radical (unpaired) electrons. The van der Waals surface area contributed by atoms with Crippen LogP contribution in [-0.4, -0.2) is 100 Å². The van der Waals surface area contributed by atoms with Crippen molar-refractivity contribution in [2.24, 2.45) is 10.9 Å². The molecule has 6 rings (SSSR count). The van der Waals surface area contributed by atoms with Gasteiger partial charge in [0.2, 0.25) is 0 Å². The van der Waals surface area contributed by atoms with Gasteiger partial charge in [-0.25, -0.2) is 19.0 Å². The average Bonchev–Trinajstić information content (AvgIpc) is 3.75. The molecule has 1 aromatic carbocycles. The van der Waals surface area contributed by atoms with E-state index in [1.165, 1.54) is 23.5 Å². The number of urea groups is 1. The molecule has 43 heavy (non-hydrogen) atoms. The number of aromatic nitrogens is 1. The highest BCUT2D eigenvalue weighted by Gasteiger charge is 2.48. The van der Waals surface area contributed by atoms with Crippen molar-refractivity contribution in [2.45, 2.75) is 44.3 Å². The molecule has 0 spiro atoms. The lowest BCUT2D eigenvalue weighted by Gasteiger charge is -2.38. The number of ether oxygens (including phenoxy) is 1. The zero-order valence-electron chi connectivity index (χ0n) is 23.5. The number of carbonyl (C=O) groups is 3. The van der Waals surface area contributed by atoms with Gasteiger partial charge in [-0.2, -0.15) is 0 Å². The molecule has 2 amide bonds. The predicted molar refractivity (Wildman–Crippen MR) is 157 cm³/mol. The molecule has 1 aliphatic carbocycles. The number of nitrogens with zero attached hydrogens (tertiary/aromatic N) is 5. The SMILES string of the molecule is CCOC(=O)C1=C(CN2CCN3C(=O)N(C4CCCC4C(=O)O)CC3C2)NC(c2nccs2)=N[C@H]1c1cccc(F)c1Cl. The number of carboxylic acid groups (broad SMARTS) is 1. The molecule has 4 heterocycles. The fraction of sp³-hybridized carbons (Fsp3) is 0.483. The Morgan fingerprint density at radius 3 is 2.81 bits per heavy atom. The van der Waals surface area contributed by atoms with Gasteiger partial charge in [0.15, 0.2) is 10.8 Å². The highest BCUT2D eigenvalue weighted by molar-refractivity contribution is 7.11. The molecule has 1 aromatic heterocycles. The van der Waals surface area contributed by atoms with E-state index in [-0.39, 0.29) is 35.3 Å². The van der Waals surface area contributed by atoms with E-state index >= 15 is 0 Å². The van der Waals surface area contributed by atoms with Crippen LogP contribution in [0.15, 0.2) is 46.0 Å². The number of hydrogen-bond donors (Lipinski definition) is 2. The summed E-state index contributed by atoms with van der Waals surface area (Å²) in [6, 6.07) is 2.97. The number of halogens is 2. The minimum atomic E-state index is -0.933. The van der Waals surface area contributed by atoms with E-state index in [0.717, 1.165) is 6.42 Å². The Kier molecular flexibility index (Phi) is 8.38. The summed E-state index contributed by atoms with van der Waals surface area (Å²) in [5.74, 6) is -2.16. The fourth-order valence-electron chi connectivity index (χ4n) is 6.62. The van der Waals surface area contributed by atoms with E-state index in [1.54, 1.807) is 24.1 Å². The van der Waals surface area contributed by atoms with Gasteiger partial charge >= 0.3 is 18.0 Å². The summed E-state index contributed by atoms with van der Waals surface area (Å²) in [7, 11) is 0. The van der Waals surface area contributed by atoms with E-state index in [0.29, 0.717) is 67.7 Å². The van der Waals surface area contributed by atoms with Crippen molar-refractivity contribution in [3.8, 4) is 0 Å². The van der Waals surface area contributed by atoms with Gasteiger partial charge in [-0.3, -0.25) is 14.7 Å². The van der Waals surface area contributed by atoms with Gasteiger partial charge in [-0.1, -0.05) is 30.2 Å². The van der Waals surface area contributed by atoms with E-state index < -0.39 is 29.7 Å². The van der Waals surface area contributed by atoms with Crippen LogP contribution in [0.1, 0.15) is 42.8 Å². The van der Waals surface area contributed by atoms with Crippen molar-refractivity contribution < 1.29 is 28.6 Å². The minimum absolute atomic E-state index is 0.107. The van der Waals surface area contributed by atoms with Crippen molar-refractivity contribution in [3.05, 3.63) is 62.5 Å². The molecule has 3 aliphatic heterocycles. The van der Waals surface area contributed by atoms with E-state index in [2.05, 4.69) is 15.2 Å². The zero-order valence-corrected chi connectivity index (χ0v) is 25.1. The third-order valence-electron chi connectivity index (χ3n) is 8.58. The molecule has 1 saturated carbocycles. The number of nitrogens with one attached hydrogen (secondary N) is 1. The first-order valence-electron chi connectivity index (χ1n) is 14.4. The van der Waals surface area contributed by atoms with Gasteiger partial charge < -0.3 is 25.0 Å². The number of rotatable bonds is 8. The molecule has 2 aromatic rings. The first kappa shape index (κ1) is 29.5. The van der Waals surface area contributed by atoms with Crippen molar-refractivity contribution >= 4 is 46.7 Å². The van der Waals surface area contributed by atoms with Gasteiger partial charge in [0.05, 0.1) is 29.2 Å². The lowest BCUT2D eigenvalue weighted by atomic mass is 9.95. The average molecular weight is 631 g/mol. The number of amides is 2. The first-order valence-corrected chi connectivity index (χ1v) is 15.6. The van der Waals surface area contributed by atoms with Crippen molar-refractivity contribution in [1.29, 1.82) is 0 Å². The highest BCUT2D eigenvalue weighted by Crippen LogP contribution is 2.38. The standard InChI is InChI=1S/C29H32ClFN6O5S/c1-2-42-28(40)22-20(33-25(26-32-9-12-43-26)34-24(22)18-6-3-7-19(31)23(18)30)15-35-10-11-36-16(13-35)14-37(29(36)41)21-8-4-5-17(21)27(38)39/h3,6-7,9,12,16-17,21,24H,2,4-5,8,10-11,13-15H2,1H3,(H,33,34)(H,38,39)/t16?,17?,21?,24-/m0/s1. The van der Waals surface area contributed by atoms with Crippen LogP contribution in [-0.2, 0) is 14.3 Å². The van der Waals surface area contributed by atoms with Gasteiger partial charge in [0, 0.05) is 61.6 Å². The number of aliphatic imine (C=N–C) groups is 1. The molecular weight excluding hydrogens is 599 g/mol. The second-order valence-corrected chi connectivity index (χ2v) is 12.3. The van der Waals surface area contributed by atoms with Crippen LogP contribution in [0, 0.1) is 11.7 Å². The summed E-state index contributed by atoms with van der Waals surface area (Å²) >= 11 is 7.79. The van der Waals surface area contributed by atoms with Crippen LogP contribution < -0.4 is 5.32 Å². The second kappa shape index (κ2) is 12.2. The van der Waals surface area contributed by atoms with Gasteiger partial charge in [0.25, 0.3) is 0 Å². The number of carboxylic acids is 1. The molecule has 2 saturated heterocycles. The molecule has 4 aliphatic rings. The fourth-order valence-corrected chi connectivity index (χ4v) is 7.44. The molecule has 0 bridgehead atoms. The van der Waals surface area contributed by atoms with Crippen molar-refractivity contribution in [2.75, 3.05) is 39.3 Å². The number of thiazole rings is 1. The Morgan fingerprint density at radius 1 is 1.23 bits per heavy atom. The Hall–Kier alpha value is -3.55. The molecule has 14 heteroatoms. The lowest BCUT2D eigenvalue weighted by molar-refractivity contribution is -0.143. The maximum atomic E-state index is 14.6. The van der Waals surface area contributed by atoms with Crippen molar-refractivity contribution in [1.82, 2.24) is 25.0 Å². The lowest BCUT2D eigenvalue weighted by Crippen LogP contribution is -2.53. The second-order valence-electron chi connectivity index (χ2n) is 11.1. The molecule has 3 unspecified atom stereocenters. The summed E-state index contributed by atoms with van der Waals surface area (Å²) < 4.78 is 20.1. The van der Waals surface area contributed by atoms with Crippen LogP contribution in [0.3, 0.4) is 0 Å². The van der Waals surface area contributed by atoms with Gasteiger partial charge in [0.1, 0.15) is 11.9 Å². The van der Waals surface area contributed by atoms with Crippen molar-refractivity contribution in [3.63, 3.8) is 0 Å². The summed E-state index contributed by atoms with van der Waals surface area (Å²) in [5.41, 5.74) is 1.11. The summed E-state index contributed by atoms with van der Waals surface area (Å²) in [4.78, 5) is 53.5. The maximum absolute atomic E-state index is 14.6. The normalized spacial score (nSPS) is 25.9. The molecule has 3 fully saturated rings. The largest absolute Gasteiger partial charge is 0.481 e. The van der Waals surface area contributed by atoms with Crippen LogP contribution in [0.5, 0.6) is 0 Å². The number of esters is 1. The number of piperazine rings is 1. The summed E-state index contributed by atoms with van der Waals surface area (Å²) in [5, 5.41) is 15.3. The van der Waals surface area contributed by atoms with Gasteiger partial charge in [-0.15, -0.1) is 11.3 Å². The predicted octanol–water partition coefficient (Wildman–Crippen LogP) is 3.52. The number of benzene rings is 1. The Balaban J connectivity index is 1.30. The third-order valence-corrected chi connectivity index (χ3v) is 9.76. The Morgan fingerprint density at radius 2 is 2.07 bits per heavy atom. The molecule has 11 nitrogen and oxygen atoms in total. The number of aliphatic carboxylic acids is 1. The van der Waals surface area contributed by atoms with E-state index in [1.807, 2.05) is 10.3 Å². The smallest absolute Gasteiger partial charge is 0.338 e. The van der Waals surface area contributed by atoms with Gasteiger partial charge in [-0.05, 0) is 25.8 Å². The number of fused-ring (bicyclic) bond motifs is 1. The number of amidine groups is 1. The van der Waals surface area contributed by atoms with E-state index in [4.69, 9.17) is 21.3 Å². The highest BCUT2D eigenvalue weighted by atomic mass is 35.5. The number of hydrogen-bond acceptors (Lipinski definition) is 9. The van der Waals surface area contributed by atoms with Crippen LogP contribution in [0.2, 0.25) is 5.02 Å². The van der Waals surface area contributed by atoms with Crippen LogP contribution >= 0.6 is 22.9 Å². The summed E-state index contributed by atoms with van der Waals surface area (Å²) in [6.45, 7) is 4.15. The molecule has 4 atom stereocenters. The van der Waals surface area contributed by atoms with E-state index in [9.17, 15) is 23.9 Å². The van der Waals surface area contributed by atoms with Crippen LogP contribution in [0.4, 0.5) is 9.18 Å². The number of carbonyl (C=O) groups excluding carboxylic acids is 2. The maximum Gasteiger partial charge on any atom is 0.338 e. The zero-order chi connectivity index (χ0) is 30.2. The monoisotopic (exact) mass is 630 g/mol. The quantitative estimate of drug-likeness (QED) is 0.424. The molecule has 228 valence electrons.